The molecule has 0 bridgehead atoms. The summed E-state index contributed by atoms with van der Waals surface area (Å²) in [6, 6.07) is 8.16. The topological polar surface area (TPSA) is 12.4 Å². The molecule has 88 valence electrons. The summed E-state index contributed by atoms with van der Waals surface area (Å²) >= 11 is 6.22. The van der Waals surface area contributed by atoms with Crippen molar-refractivity contribution in [1.82, 2.24) is 0 Å². The number of halogens is 1. The van der Waals surface area contributed by atoms with Crippen molar-refractivity contribution < 1.29 is 0 Å². The van der Waals surface area contributed by atoms with Crippen LogP contribution in [0.3, 0.4) is 0 Å². The predicted molar refractivity (Wildman–Crippen MR) is 72.9 cm³/mol. The van der Waals surface area contributed by atoms with Crippen LogP contribution in [0.1, 0.15) is 46.1 Å². The van der Waals surface area contributed by atoms with Gasteiger partial charge in [-0.1, -0.05) is 64.4 Å². The Labute approximate surface area is 104 Å². The van der Waals surface area contributed by atoms with E-state index in [1.807, 2.05) is 18.2 Å². The first-order valence-electron chi connectivity index (χ1n) is 5.66. The molecule has 0 amide bonds. The molecule has 0 atom stereocenters. The minimum absolute atomic E-state index is 0.0916. The Balaban J connectivity index is 3.15. The van der Waals surface area contributed by atoms with Crippen molar-refractivity contribution in [2.75, 3.05) is 0 Å². The van der Waals surface area contributed by atoms with Crippen LogP contribution in [0.2, 0.25) is 0 Å². The molecule has 1 nitrogen and oxygen atoms in total. The van der Waals surface area contributed by atoms with Gasteiger partial charge >= 0.3 is 0 Å². The summed E-state index contributed by atoms with van der Waals surface area (Å²) in [7, 11) is 0. The Bertz CT molecular complexity index is 386. The molecule has 0 aliphatic heterocycles. The Hall–Kier alpha value is -0.820. The van der Waals surface area contributed by atoms with Gasteiger partial charge in [-0.15, -0.1) is 0 Å². The van der Waals surface area contributed by atoms with Crippen LogP contribution in [0.5, 0.6) is 0 Å². The molecule has 1 aromatic carbocycles. The molecule has 0 radical (unpaired) electrons. The van der Waals surface area contributed by atoms with Crippen molar-refractivity contribution in [3.05, 3.63) is 29.8 Å². The smallest absolute Gasteiger partial charge is 0.112 e. The second-order valence-electron chi connectivity index (χ2n) is 5.37. The van der Waals surface area contributed by atoms with E-state index in [1.165, 1.54) is 5.56 Å². The van der Waals surface area contributed by atoms with Gasteiger partial charge in [0.25, 0.3) is 0 Å². The Morgan fingerprint density at radius 3 is 2.25 bits per heavy atom. The van der Waals surface area contributed by atoms with Crippen molar-refractivity contribution >= 4 is 22.5 Å². The molecule has 0 unspecified atom stereocenters. The largest absolute Gasteiger partial charge is 0.240 e. The van der Waals surface area contributed by atoms with E-state index in [9.17, 15) is 0 Å². The Morgan fingerprint density at radius 1 is 1.19 bits per heavy atom. The van der Waals surface area contributed by atoms with Gasteiger partial charge in [0.2, 0.25) is 0 Å². The van der Waals surface area contributed by atoms with Crippen LogP contribution in [0.4, 0.5) is 5.69 Å². The molecule has 1 rings (SSSR count). The molecule has 0 aromatic heterocycles. The number of hydrogen-bond donors (Lipinski definition) is 0. The van der Waals surface area contributed by atoms with E-state index in [4.69, 9.17) is 11.6 Å². The van der Waals surface area contributed by atoms with Gasteiger partial charge in [0.05, 0.1) is 5.69 Å². The average molecular weight is 238 g/mol. The first kappa shape index (κ1) is 13.2. The summed E-state index contributed by atoms with van der Waals surface area (Å²) in [6.45, 7) is 10.5. The van der Waals surface area contributed by atoms with Gasteiger partial charge in [0.1, 0.15) is 5.17 Å². The zero-order chi connectivity index (χ0) is 12.3. The fourth-order valence-corrected chi connectivity index (χ4v) is 1.44. The van der Waals surface area contributed by atoms with Crippen molar-refractivity contribution in [2.45, 2.75) is 40.5 Å². The van der Waals surface area contributed by atoms with Gasteiger partial charge < -0.3 is 0 Å². The van der Waals surface area contributed by atoms with Gasteiger partial charge in [-0.2, -0.15) is 0 Å². The van der Waals surface area contributed by atoms with Crippen LogP contribution in [-0.4, -0.2) is 5.17 Å². The van der Waals surface area contributed by atoms with E-state index < -0.39 is 0 Å². The lowest BCUT2D eigenvalue weighted by Crippen LogP contribution is -2.14. The molecule has 0 N–H and O–H groups in total. The maximum atomic E-state index is 6.22. The molecule has 0 heterocycles. The lowest BCUT2D eigenvalue weighted by atomic mass is 9.98. The minimum atomic E-state index is -0.0916. The summed E-state index contributed by atoms with van der Waals surface area (Å²) in [6.07, 6.45) is 0. The van der Waals surface area contributed by atoms with E-state index in [1.54, 1.807) is 0 Å². The lowest BCUT2D eigenvalue weighted by Gasteiger charge is -2.17. The second-order valence-corrected chi connectivity index (χ2v) is 5.72. The van der Waals surface area contributed by atoms with E-state index in [0.717, 1.165) is 5.69 Å². The third kappa shape index (κ3) is 3.34. The molecule has 0 saturated carbocycles. The number of benzene rings is 1. The van der Waals surface area contributed by atoms with Gasteiger partial charge in [-0.05, 0) is 17.5 Å². The highest BCUT2D eigenvalue weighted by Gasteiger charge is 2.17. The maximum absolute atomic E-state index is 6.22. The number of aliphatic imine (C=N–C) groups is 1. The quantitative estimate of drug-likeness (QED) is 0.633. The van der Waals surface area contributed by atoms with Gasteiger partial charge in [0, 0.05) is 5.41 Å². The van der Waals surface area contributed by atoms with Gasteiger partial charge in [-0.25, -0.2) is 4.99 Å². The van der Waals surface area contributed by atoms with E-state index in [2.05, 4.69) is 45.7 Å². The first-order valence-corrected chi connectivity index (χ1v) is 6.03. The molecule has 0 spiro atoms. The van der Waals surface area contributed by atoms with E-state index in [0.29, 0.717) is 11.1 Å². The molecule has 0 saturated heterocycles. The molecule has 0 aliphatic rings. The Morgan fingerprint density at radius 2 is 1.75 bits per heavy atom. The number of hydrogen-bond acceptors (Lipinski definition) is 1. The third-order valence-electron chi connectivity index (χ3n) is 2.40. The zero-order valence-corrected chi connectivity index (χ0v) is 11.5. The Kier molecular flexibility index (Phi) is 4.15. The standard InChI is InChI=1S/C14H20ClN/c1-10(2)11-8-6-7-9-12(11)16-13(15)14(3,4)5/h6-10H,1-5H3. The molecule has 16 heavy (non-hydrogen) atoms. The minimum Gasteiger partial charge on any atom is -0.240 e. The highest BCUT2D eigenvalue weighted by Crippen LogP contribution is 2.29. The van der Waals surface area contributed by atoms with Crippen molar-refractivity contribution in [3.8, 4) is 0 Å². The normalized spacial score (nSPS) is 13.3. The zero-order valence-electron chi connectivity index (χ0n) is 10.7. The van der Waals surface area contributed by atoms with Crippen LogP contribution in [-0.2, 0) is 0 Å². The molecule has 1 aromatic rings. The summed E-state index contributed by atoms with van der Waals surface area (Å²) in [5.74, 6) is 0.462. The van der Waals surface area contributed by atoms with Crippen molar-refractivity contribution in [3.63, 3.8) is 0 Å². The van der Waals surface area contributed by atoms with E-state index in [-0.39, 0.29) is 5.41 Å². The van der Waals surface area contributed by atoms with E-state index >= 15 is 0 Å². The lowest BCUT2D eigenvalue weighted by molar-refractivity contribution is 0.600. The highest BCUT2D eigenvalue weighted by molar-refractivity contribution is 6.66. The van der Waals surface area contributed by atoms with Crippen LogP contribution in [0.25, 0.3) is 0 Å². The SMILES string of the molecule is CC(C)c1ccccc1N=C(Cl)C(C)(C)C. The van der Waals surface area contributed by atoms with Crippen LogP contribution < -0.4 is 0 Å². The summed E-state index contributed by atoms with van der Waals surface area (Å²) < 4.78 is 0. The van der Waals surface area contributed by atoms with Crippen molar-refractivity contribution in [1.29, 1.82) is 0 Å². The fraction of sp³-hybridized carbons (Fsp3) is 0.500. The maximum Gasteiger partial charge on any atom is 0.112 e. The predicted octanol–water partition coefficient (Wildman–Crippen LogP) is 5.12. The third-order valence-corrected chi connectivity index (χ3v) is 3.05. The molecule has 0 fully saturated rings. The second kappa shape index (κ2) is 5.01. The molecule has 0 aliphatic carbocycles. The summed E-state index contributed by atoms with van der Waals surface area (Å²) in [5, 5.41) is 0.653. The molecule has 2 heteroatoms. The van der Waals surface area contributed by atoms with Crippen LogP contribution in [0.15, 0.2) is 29.3 Å². The van der Waals surface area contributed by atoms with Gasteiger partial charge in [-0.3, -0.25) is 0 Å². The number of rotatable bonds is 2. The van der Waals surface area contributed by atoms with Crippen molar-refractivity contribution in [2.24, 2.45) is 10.4 Å². The summed E-state index contributed by atoms with van der Waals surface area (Å²) in [5.41, 5.74) is 2.13. The van der Waals surface area contributed by atoms with Gasteiger partial charge in [0.15, 0.2) is 0 Å². The monoisotopic (exact) mass is 237 g/mol. The van der Waals surface area contributed by atoms with Crippen LogP contribution >= 0.6 is 11.6 Å². The fourth-order valence-electron chi connectivity index (χ4n) is 1.35. The number of para-hydroxylation sites is 1. The average Bonchev–Trinajstić information content (AvgIpc) is 2.16. The first-order chi connectivity index (χ1) is 7.32. The summed E-state index contributed by atoms with van der Waals surface area (Å²) in [4.78, 5) is 4.53. The van der Waals surface area contributed by atoms with Crippen LogP contribution in [0, 0.1) is 5.41 Å². The highest BCUT2D eigenvalue weighted by atomic mass is 35.5. The molecular formula is C14H20ClN. The molecular weight excluding hydrogens is 218 g/mol. The number of nitrogens with zero attached hydrogens (tertiary/aromatic N) is 1.